The van der Waals surface area contributed by atoms with Crippen molar-refractivity contribution in [2.24, 2.45) is 0 Å². The molecule has 5 nitrogen and oxygen atoms in total. The standard InChI is InChI=1S/C14H10F2N2O3/c15-10-2-1-3-11(16)9(10)7-13(19)18-8-4-5-17-12(6-8)14(20)21/h1-6H,7H2,(H,20,21)(H,17,18,19). The molecule has 2 rings (SSSR count). The largest absolute Gasteiger partial charge is 0.477 e. The van der Waals surface area contributed by atoms with Gasteiger partial charge in [-0.25, -0.2) is 18.6 Å². The number of benzene rings is 1. The molecular weight excluding hydrogens is 282 g/mol. The van der Waals surface area contributed by atoms with Crippen LogP contribution in [-0.2, 0) is 11.2 Å². The third kappa shape index (κ3) is 3.59. The van der Waals surface area contributed by atoms with E-state index in [1.54, 1.807) is 0 Å². The number of nitrogens with one attached hydrogen (secondary N) is 1. The van der Waals surface area contributed by atoms with E-state index in [-0.39, 0.29) is 16.9 Å². The number of nitrogens with zero attached hydrogens (tertiary/aromatic N) is 1. The van der Waals surface area contributed by atoms with Gasteiger partial charge in [0.1, 0.15) is 17.3 Å². The van der Waals surface area contributed by atoms with Crippen LogP contribution in [0.2, 0.25) is 0 Å². The number of rotatable bonds is 4. The quantitative estimate of drug-likeness (QED) is 0.905. The predicted octanol–water partition coefficient (Wildman–Crippen LogP) is 2.24. The molecule has 0 aliphatic rings. The molecule has 1 heterocycles. The lowest BCUT2D eigenvalue weighted by atomic mass is 10.1. The van der Waals surface area contributed by atoms with Crippen LogP contribution in [-0.4, -0.2) is 22.0 Å². The van der Waals surface area contributed by atoms with Crippen LogP contribution in [0.1, 0.15) is 16.1 Å². The van der Waals surface area contributed by atoms with E-state index < -0.39 is 29.9 Å². The average molecular weight is 292 g/mol. The van der Waals surface area contributed by atoms with Crippen LogP contribution in [0.5, 0.6) is 0 Å². The first-order valence-electron chi connectivity index (χ1n) is 5.89. The minimum absolute atomic E-state index is 0.184. The summed E-state index contributed by atoms with van der Waals surface area (Å²) in [6, 6.07) is 5.84. The van der Waals surface area contributed by atoms with Gasteiger partial charge < -0.3 is 10.4 Å². The van der Waals surface area contributed by atoms with Gasteiger partial charge in [0.2, 0.25) is 5.91 Å². The van der Waals surface area contributed by atoms with E-state index in [1.807, 2.05) is 0 Å². The Bertz CT molecular complexity index is 684. The van der Waals surface area contributed by atoms with Gasteiger partial charge in [0.05, 0.1) is 6.42 Å². The monoisotopic (exact) mass is 292 g/mol. The molecule has 0 saturated carbocycles. The molecule has 0 spiro atoms. The molecule has 2 N–H and O–H groups in total. The van der Waals surface area contributed by atoms with E-state index in [9.17, 15) is 18.4 Å². The minimum atomic E-state index is -1.24. The Morgan fingerprint density at radius 2 is 1.86 bits per heavy atom. The number of aromatic nitrogens is 1. The van der Waals surface area contributed by atoms with Gasteiger partial charge in [-0.15, -0.1) is 0 Å². The van der Waals surface area contributed by atoms with E-state index in [0.29, 0.717) is 0 Å². The van der Waals surface area contributed by atoms with Gasteiger partial charge in [0.15, 0.2) is 0 Å². The molecule has 108 valence electrons. The third-order valence-corrected chi connectivity index (χ3v) is 2.66. The van der Waals surface area contributed by atoms with Crippen molar-refractivity contribution in [2.75, 3.05) is 5.32 Å². The molecular formula is C14H10F2N2O3. The molecule has 21 heavy (non-hydrogen) atoms. The average Bonchev–Trinajstić information content (AvgIpc) is 2.43. The van der Waals surface area contributed by atoms with Crippen LogP contribution in [0.25, 0.3) is 0 Å². The molecule has 0 aliphatic carbocycles. The van der Waals surface area contributed by atoms with Gasteiger partial charge in [0.25, 0.3) is 0 Å². The highest BCUT2D eigenvalue weighted by Crippen LogP contribution is 2.14. The Kier molecular flexibility index (Phi) is 4.22. The van der Waals surface area contributed by atoms with Gasteiger partial charge in [-0.3, -0.25) is 4.79 Å². The second kappa shape index (κ2) is 6.08. The van der Waals surface area contributed by atoms with Crippen molar-refractivity contribution >= 4 is 17.6 Å². The van der Waals surface area contributed by atoms with Gasteiger partial charge in [-0.05, 0) is 24.3 Å². The van der Waals surface area contributed by atoms with Crippen molar-refractivity contribution in [3.05, 3.63) is 59.4 Å². The second-order valence-corrected chi connectivity index (χ2v) is 4.16. The highest BCUT2D eigenvalue weighted by Gasteiger charge is 2.14. The topological polar surface area (TPSA) is 79.3 Å². The Hall–Kier alpha value is -2.83. The number of carboxylic acids is 1. The molecule has 0 bridgehead atoms. The molecule has 1 aromatic carbocycles. The van der Waals surface area contributed by atoms with Crippen molar-refractivity contribution in [3.63, 3.8) is 0 Å². The first-order valence-corrected chi connectivity index (χ1v) is 5.89. The van der Waals surface area contributed by atoms with Crippen molar-refractivity contribution in [3.8, 4) is 0 Å². The summed E-state index contributed by atoms with van der Waals surface area (Å²) in [6.07, 6.45) is 0.714. The number of hydrogen-bond donors (Lipinski definition) is 2. The first kappa shape index (κ1) is 14.6. The summed E-state index contributed by atoms with van der Waals surface area (Å²) in [5.74, 6) is -3.54. The lowest BCUT2D eigenvalue weighted by molar-refractivity contribution is -0.115. The van der Waals surface area contributed by atoms with E-state index in [4.69, 9.17) is 5.11 Å². The summed E-state index contributed by atoms with van der Waals surface area (Å²) in [6.45, 7) is 0. The van der Waals surface area contributed by atoms with Gasteiger partial charge >= 0.3 is 5.97 Å². The van der Waals surface area contributed by atoms with E-state index in [1.165, 1.54) is 18.3 Å². The van der Waals surface area contributed by atoms with Crippen LogP contribution < -0.4 is 5.32 Å². The number of hydrogen-bond acceptors (Lipinski definition) is 3. The summed E-state index contributed by atoms with van der Waals surface area (Å²) < 4.78 is 26.8. The zero-order valence-corrected chi connectivity index (χ0v) is 10.6. The molecule has 7 heteroatoms. The SMILES string of the molecule is O=C(Cc1c(F)cccc1F)Nc1ccnc(C(=O)O)c1. The molecule has 0 unspecified atom stereocenters. The smallest absolute Gasteiger partial charge is 0.354 e. The van der Waals surface area contributed by atoms with Crippen LogP contribution in [0.15, 0.2) is 36.5 Å². The lowest BCUT2D eigenvalue weighted by Gasteiger charge is -2.07. The van der Waals surface area contributed by atoms with Gasteiger partial charge in [-0.2, -0.15) is 0 Å². The van der Waals surface area contributed by atoms with Crippen LogP contribution in [0.3, 0.4) is 0 Å². The molecule has 0 saturated heterocycles. The summed E-state index contributed by atoms with van der Waals surface area (Å²) in [5.41, 5.74) is -0.406. The number of pyridine rings is 1. The summed E-state index contributed by atoms with van der Waals surface area (Å²) >= 11 is 0. The lowest BCUT2D eigenvalue weighted by Crippen LogP contribution is -2.16. The van der Waals surface area contributed by atoms with Crippen molar-refractivity contribution in [2.45, 2.75) is 6.42 Å². The van der Waals surface area contributed by atoms with E-state index >= 15 is 0 Å². The number of carbonyl (C=O) groups excluding carboxylic acids is 1. The Morgan fingerprint density at radius 1 is 1.19 bits per heavy atom. The molecule has 0 fully saturated rings. The molecule has 0 aliphatic heterocycles. The Balaban J connectivity index is 2.12. The Morgan fingerprint density at radius 3 is 2.48 bits per heavy atom. The summed E-state index contributed by atoms with van der Waals surface area (Å²) in [7, 11) is 0. The predicted molar refractivity (Wildman–Crippen MR) is 69.9 cm³/mol. The van der Waals surface area contributed by atoms with E-state index in [0.717, 1.165) is 18.2 Å². The fourth-order valence-electron chi connectivity index (χ4n) is 1.69. The molecule has 1 aromatic heterocycles. The number of halogens is 2. The number of carbonyl (C=O) groups is 2. The highest BCUT2D eigenvalue weighted by molar-refractivity contribution is 5.94. The van der Waals surface area contributed by atoms with Crippen LogP contribution in [0.4, 0.5) is 14.5 Å². The fourth-order valence-corrected chi connectivity index (χ4v) is 1.69. The molecule has 0 atom stereocenters. The van der Waals surface area contributed by atoms with Crippen molar-refractivity contribution in [1.29, 1.82) is 0 Å². The van der Waals surface area contributed by atoms with Crippen LogP contribution in [0, 0.1) is 11.6 Å². The number of aromatic carboxylic acids is 1. The summed E-state index contributed by atoms with van der Waals surface area (Å²) in [5, 5.41) is 11.1. The minimum Gasteiger partial charge on any atom is -0.477 e. The number of anilines is 1. The van der Waals surface area contributed by atoms with Crippen molar-refractivity contribution in [1.82, 2.24) is 4.98 Å². The first-order chi connectivity index (χ1) is 9.97. The summed E-state index contributed by atoms with van der Waals surface area (Å²) in [4.78, 5) is 26.1. The van der Waals surface area contributed by atoms with Crippen molar-refractivity contribution < 1.29 is 23.5 Å². The maximum Gasteiger partial charge on any atom is 0.354 e. The zero-order valence-electron chi connectivity index (χ0n) is 10.6. The number of carboxylic acid groups (broad SMARTS) is 1. The van der Waals surface area contributed by atoms with Crippen LogP contribution >= 0.6 is 0 Å². The molecule has 2 aromatic rings. The normalized spacial score (nSPS) is 10.2. The Labute approximate surface area is 118 Å². The van der Waals surface area contributed by atoms with Gasteiger partial charge in [-0.1, -0.05) is 6.07 Å². The number of amides is 1. The second-order valence-electron chi connectivity index (χ2n) is 4.16. The fraction of sp³-hybridized carbons (Fsp3) is 0.0714. The van der Waals surface area contributed by atoms with E-state index in [2.05, 4.69) is 10.3 Å². The highest BCUT2D eigenvalue weighted by atomic mass is 19.1. The van der Waals surface area contributed by atoms with Gasteiger partial charge in [0, 0.05) is 17.4 Å². The maximum atomic E-state index is 13.4. The molecule has 1 amide bonds. The third-order valence-electron chi connectivity index (χ3n) is 2.66. The maximum absolute atomic E-state index is 13.4. The molecule has 0 radical (unpaired) electrons. The zero-order chi connectivity index (χ0) is 15.4.